The lowest BCUT2D eigenvalue weighted by molar-refractivity contribution is -0.127. The van der Waals surface area contributed by atoms with E-state index in [1.165, 1.54) is 13.8 Å². The van der Waals surface area contributed by atoms with Gasteiger partial charge < -0.3 is 5.11 Å². The van der Waals surface area contributed by atoms with E-state index in [0.717, 1.165) is 0 Å². The zero-order valence-corrected chi connectivity index (χ0v) is 9.06. The maximum Gasteiger partial charge on any atom is 0.335 e. The van der Waals surface area contributed by atoms with Crippen molar-refractivity contribution in [3.05, 3.63) is 35.9 Å². The van der Waals surface area contributed by atoms with Crippen LogP contribution in [-0.2, 0) is 9.59 Å². The molecule has 1 aromatic carbocycles. The van der Waals surface area contributed by atoms with Gasteiger partial charge in [-0.15, -0.1) is 0 Å². The Kier molecular flexibility index (Phi) is 6.19. The number of amides is 2. The van der Waals surface area contributed by atoms with E-state index in [1.54, 1.807) is 30.3 Å². The smallest absolute Gasteiger partial charge is 0.335 e. The minimum Gasteiger partial charge on any atom is -0.478 e. The summed E-state index contributed by atoms with van der Waals surface area (Å²) in [5, 5.41) is 10.4. The van der Waals surface area contributed by atoms with Crippen LogP contribution in [0.25, 0.3) is 0 Å². The van der Waals surface area contributed by atoms with Crippen molar-refractivity contribution >= 4 is 17.8 Å². The number of hydrogen-bond donors (Lipinski definition) is 2. The van der Waals surface area contributed by atoms with Gasteiger partial charge in [0.1, 0.15) is 0 Å². The van der Waals surface area contributed by atoms with Crippen molar-refractivity contribution in [1.29, 1.82) is 0 Å². The van der Waals surface area contributed by atoms with E-state index in [4.69, 9.17) is 5.11 Å². The molecule has 16 heavy (non-hydrogen) atoms. The number of benzene rings is 1. The van der Waals surface area contributed by atoms with Gasteiger partial charge in [0.15, 0.2) is 0 Å². The number of aromatic carboxylic acids is 1. The molecule has 0 aliphatic heterocycles. The number of carboxylic acid groups (broad SMARTS) is 1. The van der Waals surface area contributed by atoms with E-state index >= 15 is 0 Å². The Bertz CT molecular complexity index is 361. The molecule has 2 amide bonds. The third-order valence-corrected chi connectivity index (χ3v) is 1.37. The summed E-state index contributed by atoms with van der Waals surface area (Å²) >= 11 is 0. The molecule has 0 aliphatic carbocycles. The average Bonchev–Trinajstić information content (AvgIpc) is 2.17. The second-order valence-electron chi connectivity index (χ2n) is 2.91. The van der Waals surface area contributed by atoms with Crippen molar-refractivity contribution < 1.29 is 19.5 Å². The monoisotopic (exact) mass is 223 g/mol. The van der Waals surface area contributed by atoms with Crippen LogP contribution in [0.2, 0.25) is 0 Å². The fourth-order valence-corrected chi connectivity index (χ4v) is 0.829. The average molecular weight is 223 g/mol. The summed E-state index contributed by atoms with van der Waals surface area (Å²) < 4.78 is 0. The lowest BCUT2D eigenvalue weighted by atomic mass is 10.2. The molecular weight excluding hydrogens is 210 g/mol. The second-order valence-corrected chi connectivity index (χ2v) is 2.91. The molecule has 86 valence electrons. The SMILES string of the molecule is CC(=O)NC(C)=O.O=C(O)c1ccccc1. The van der Waals surface area contributed by atoms with Gasteiger partial charge in [-0.25, -0.2) is 4.79 Å². The van der Waals surface area contributed by atoms with Gasteiger partial charge in [0.2, 0.25) is 11.8 Å². The Morgan fingerprint density at radius 3 is 1.62 bits per heavy atom. The quantitative estimate of drug-likeness (QED) is 0.745. The van der Waals surface area contributed by atoms with Crippen LogP contribution in [0.15, 0.2) is 30.3 Å². The standard InChI is InChI=1S/C7H6O2.C4H7NO2/c8-7(9)6-4-2-1-3-5-6;1-3(6)5-4(2)7/h1-5H,(H,8,9);1-2H3,(H,5,6,7). The number of rotatable bonds is 1. The van der Waals surface area contributed by atoms with Crippen LogP contribution in [0.5, 0.6) is 0 Å². The van der Waals surface area contributed by atoms with E-state index in [1.807, 2.05) is 5.32 Å². The lowest BCUT2D eigenvalue weighted by Gasteiger charge is -1.88. The predicted molar refractivity (Wildman–Crippen MR) is 57.9 cm³/mol. The van der Waals surface area contributed by atoms with Crippen molar-refractivity contribution in [3.63, 3.8) is 0 Å². The maximum atomic E-state index is 10.2. The highest BCUT2D eigenvalue weighted by Gasteiger charge is 1.96. The number of imide groups is 1. The van der Waals surface area contributed by atoms with Crippen molar-refractivity contribution in [3.8, 4) is 0 Å². The predicted octanol–water partition coefficient (Wildman–Crippen LogP) is 1.05. The van der Waals surface area contributed by atoms with E-state index in [0.29, 0.717) is 5.56 Å². The molecule has 0 saturated heterocycles. The Morgan fingerprint density at radius 2 is 1.44 bits per heavy atom. The van der Waals surface area contributed by atoms with Gasteiger partial charge in [0.05, 0.1) is 5.56 Å². The Morgan fingerprint density at radius 1 is 1.00 bits per heavy atom. The molecule has 0 aliphatic rings. The molecular formula is C11H13NO4. The highest BCUT2D eigenvalue weighted by atomic mass is 16.4. The number of nitrogens with one attached hydrogen (secondary N) is 1. The zero-order chi connectivity index (χ0) is 12.6. The number of hydrogen-bond acceptors (Lipinski definition) is 3. The molecule has 0 bridgehead atoms. The second kappa shape index (κ2) is 7.17. The molecule has 0 atom stereocenters. The maximum absolute atomic E-state index is 10.2. The first-order valence-corrected chi connectivity index (χ1v) is 4.50. The lowest BCUT2D eigenvalue weighted by Crippen LogP contribution is -2.24. The highest BCUT2D eigenvalue weighted by Crippen LogP contribution is 1.96. The van der Waals surface area contributed by atoms with Gasteiger partial charge >= 0.3 is 5.97 Å². The molecule has 1 aromatic rings. The number of carbonyl (C=O) groups excluding carboxylic acids is 2. The summed E-state index contributed by atoms with van der Waals surface area (Å²) in [4.78, 5) is 30.0. The van der Waals surface area contributed by atoms with Gasteiger partial charge in [-0.2, -0.15) is 0 Å². The van der Waals surface area contributed by atoms with Crippen LogP contribution in [0.4, 0.5) is 0 Å². The van der Waals surface area contributed by atoms with E-state index < -0.39 is 5.97 Å². The molecule has 0 aromatic heterocycles. The molecule has 2 N–H and O–H groups in total. The Labute approximate surface area is 93.1 Å². The number of carbonyl (C=O) groups is 3. The minimum atomic E-state index is -0.879. The Hall–Kier alpha value is -2.17. The molecule has 0 unspecified atom stereocenters. The molecule has 5 heteroatoms. The topological polar surface area (TPSA) is 83.5 Å². The first kappa shape index (κ1) is 13.8. The first-order valence-electron chi connectivity index (χ1n) is 4.50. The van der Waals surface area contributed by atoms with E-state index in [-0.39, 0.29) is 11.8 Å². The van der Waals surface area contributed by atoms with Crippen LogP contribution < -0.4 is 5.32 Å². The van der Waals surface area contributed by atoms with Crippen molar-refractivity contribution in [2.24, 2.45) is 0 Å². The summed E-state index contributed by atoms with van der Waals surface area (Å²) in [5.74, 6) is -1.50. The van der Waals surface area contributed by atoms with Crippen LogP contribution >= 0.6 is 0 Å². The number of carboxylic acids is 1. The first-order chi connectivity index (χ1) is 7.43. The van der Waals surface area contributed by atoms with Crippen LogP contribution in [0, 0.1) is 0 Å². The van der Waals surface area contributed by atoms with E-state index in [9.17, 15) is 14.4 Å². The summed E-state index contributed by atoms with van der Waals surface area (Å²) in [5.41, 5.74) is 0.331. The fourth-order valence-electron chi connectivity index (χ4n) is 0.829. The molecule has 0 spiro atoms. The normalized spacial score (nSPS) is 8.38. The summed E-state index contributed by atoms with van der Waals surface area (Å²) in [6, 6.07) is 8.30. The Balaban J connectivity index is 0.000000293. The molecule has 0 heterocycles. The van der Waals surface area contributed by atoms with Gasteiger partial charge in [0.25, 0.3) is 0 Å². The third kappa shape index (κ3) is 7.25. The largest absolute Gasteiger partial charge is 0.478 e. The van der Waals surface area contributed by atoms with Gasteiger partial charge in [-0.3, -0.25) is 14.9 Å². The van der Waals surface area contributed by atoms with Crippen molar-refractivity contribution in [1.82, 2.24) is 5.32 Å². The van der Waals surface area contributed by atoms with Gasteiger partial charge in [-0.1, -0.05) is 18.2 Å². The van der Waals surface area contributed by atoms with Crippen LogP contribution in [0.3, 0.4) is 0 Å². The molecule has 0 saturated carbocycles. The van der Waals surface area contributed by atoms with Gasteiger partial charge in [-0.05, 0) is 12.1 Å². The van der Waals surface area contributed by atoms with Crippen LogP contribution in [0.1, 0.15) is 24.2 Å². The molecule has 5 nitrogen and oxygen atoms in total. The van der Waals surface area contributed by atoms with E-state index in [2.05, 4.69) is 0 Å². The fraction of sp³-hybridized carbons (Fsp3) is 0.182. The summed E-state index contributed by atoms with van der Waals surface area (Å²) in [7, 11) is 0. The zero-order valence-electron chi connectivity index (χ0n) is 9.06. The minimum absolute atomic E-state index is 0.312. The van der Waals surface area contributed by atoms with Gasteiger partial charge in [0, 0.05) is 13.8 Å². The van der Waals surface area contributed by atoms with Crippen molar-refractivity contribution in [2.75, 3.05) is 0 Å². The summed E-state index contributed by atoms with van der Waals surface area (Å²) in [6.07, 6.45) is 0. The summed E-state index contributed by atoms with van der Waals surface area (Å²) in [6.45, 7) is 2.59. The van der Waals surface area contributed by atoms with Crippen molar-refractivity contribution in [2.45, 2.75) is 13.8 Å². The molecule has 1 rings (SSSR count). The highest BCUT2D eigenvalue weighted by molar-refractivity contribution is 5.92. The molecule has 0 fully saturated rings. The molecule has 0 radical (unpaired) electrons. The van der Waals surface area contributed by atoms with Crippen LogP contribution in [-0.4, -0.2) is 22.9 Å². The third-order valence-electron chi connectivity index (χ3n) is 1.37.